The zero-order valence-corrected chi connectivity index (χ0v) is 18.4. The Morgan fingerprint density at radius 1 is 0.939 bits per heavy atom. The Bertz CT molecular complexity index is 1290. The number of nitrogens with one attached hydrogen (secondary N) is 1. The molecule has 4 amide bonds. The van der Waals surface area contributed by atoms with Crippen LogP contribution in [0.3, 0.4) is 0 Å². The van der Waals surface area contributed by atoms with Crippen molar-refractivity contribution in [3.05, 3.63) is 99.3 Å². The molecule has 9 heteroatoms. The minimum absolute atomic E-state index is 0.0157. The molecule has 3 aromatic rings. The monoisotopic (exact) mass is 484 g/mol. The SMILES string of the molecule is O=C1NC(=O)N(c2cccc(F)c2)C(=O)/C1=C/c1ccc(OCc2ccc(Cl)c(Cl)c2)cc1. The molecule has 6 nitrogen and oxygen atoms in total. The molecule has 0 saturated carbocycles. The topological polar surface area (TPSA) is 75.7 Å². The third kappa shape index (κ3) is 5.05. The lowest BCUT2D eigenvalue weighted by Gasteiger charge is -2.26. The molecule has 0 spiro atoms. The van der Waals surface area contributed by atoms with E-state index >= 15 is 0 Å². The summed E-state index contributed by atoms with van der Waals surface area (Å²) in [6.07, 6.45) is 1.35. The molecule has 1 saturated heterocycles. The Morgan fingerprint density at radius 2 is 1.70 bits per heavy atom. The molecule has 1 heterocycles. The number of hydrogen-bond donors (Lipinski definition) is 1. The first-order valence-corrected chi connectivity index (χ1v) is 10.4. The maximum Gasteiger partial charge on any atom is 0.335 e. The van der Waals surface area contributed by atoms with Crippen molar-refractivity contribution in [3.63, 3.8) is 0 Å². The second-order valence-corrected chi connectivity index (χ2v) is 7.86. The predicted octanol–water partition coefficient (Wildman–Crippen LogP) is 5.38. The van der Waals surface area contributed by atoms with Gasteiger partial charge in [-0.25, -0.2) is 14.1 Å². The first kappa shape index (κ1) is 22.5. The summed E-state index contributed by atoms with van der Waals surface area (Å²) < 4.78 is 19.3. The molecular weight excluding hydrogens is 470 g/mol. The highest BCUT2D eigenvalue weighted by molar-refractivity contribution is 6.42. The van der Waals surface area contributed by atoms with Crippen LogP contribution >= 0.6 is 23.2 Å². The normalized spacial score (nSPS) is 15.1. The number of halogens is 3. The van der Waals surface area contributed by atoms with E-state index in [4.69, 9.17) is 27.9 Å². The second-order valence-electron chi connectivity index (χ2n) is 7.04. The van der Waals surface area contributed by atoms with Gasteiger partial charge in [-0.05, 0) is 59.7 Å². The van der Waals surface area contributed by atoms with Gasteiger partial charge >= 0.3 is 6.03 Å². The quantitative estimate of drug-likeness (QED) is 0.389. The molecule has 1 N–H and O–H groups in total. The molecule has 166 valence electrons. The van der Waals surface area contributed by atoms with Crippen LogP contribution in [0.15, 0.2) is 72.3 Å². The van der Waals surface area contributed by atoms with Gasteiger partial charge < -0.3 is 4.74 Å². The van der Waals surface area contributed by atoms with Crippen LogP contribution in [0.2, 0.25) is 10.0 Å². The number of imide groups is 2. The minimum Gasteiger partial charge on any atom is -0.489 e. The first-order valence-electron chi connectivity index (χ1n) is 9.65. The maximum atomic E-state index is 13.6. The van der Waals surface area contributed by atoms with Crippen molar-refractivity contribution in [2.24, 2.45) is 0 Å². The van der Waals surface area contributed by atoms with Gasteiger partial charge in [0, 0.05) is 0 Å². The average Bonchev–Trinajstić information content (AvgIpc) is 2.78. The van der Waals surface area contributed by atoms with Crippen molar-refractivity contribution in [2.45, 2.75) is 6.61 Å². The average molecular weight is 485 g/mol. The van der Waals surface area contributed by atoms with E-state index in [9.17, 15) is 18.8 Å². The fraction of sp³-hybridized carbons (Fsp3) is 0.0417. The Labute approximate surface area is 198 Å². The summed E-state index contributed by atoms with van der Waals surface area (Å²) in [7, 11) is 0. The van der Waals surface area contributed by atoms with E-state index in [1.54, 1.807) is 42.5 Å². The smallest absolute Gasteiger partial charge is 0.335 e. The Kier molecular flexibility index (Phi) is 6.44. The van der Waals surface area contributed by atoms with Crippen LogP contribution in [0.25, 0.3) is 6.08 Å². The van der Waals surface area contributed by atoms with Crippen molar-refractivity contribution in [1.29, 1.82) is 0 Å². The number of ether oxygens (including phenoxy) is 1. The number of carbonyl (C=O) groups excluding carboxylic acids is 3. The molecule has 4 rings (SSSR count). The summed E-state index contributed by atoms with van der Waals surface area (Å²) in [5.41, 5.74) is 1.12. The lowest BCUT2D eigenvalue weighted by Crippen LogP contribution is -2.54. The van der Waals surface area contributed by atoms with Gasteiger partial charge in [0.1, 0.15) is 23.7 Å². The number of nitrogens with zero attached hydrogens (tertiary/aromatic N) is 1. The summed E-state index contributed by atoms with van der Waals surface area (Å²) in [6.45, 7) is 0.267. The Hall–Kier alpha value is -3.68. The molecule has 1 aliphatic rings. The molecule has 0 aliphatic carbocycles. The third-order valence-corrected chi connectivity index (χ3v) is 5.49. The lowest BCUT2D eigenvalue weighted by atomic mass is 10.1. The molecule has 1 aliphatic heterocycles. The molecule has 0 atom stereocenters. The Morgan fingerprint density at radius 3 is 2.39 bits per heavy atom. The zero-order valence-electron chi connectivity index (χ0n) is 16.8. The van der Waals surface area contributed by atoms with Crippen LogP contribution in [-0.4, -0.2) is 17.8 Å². The number of benzene rings is 3. The van der Waals surface area contributed by atoms with Crippen molar-refractivity contribution < 1.29 is 23.5 Å². The van der Waals surface area contributed by atoms with Gasteiger partial charge in [-0.3, -0.25) is 14.9 Å². The first-order chi connectivity index (χ1) is 15.8. The third-order valence-electron chi connectivity index (χ3n) is 4.75. The van der Waals surface area contributed by atoms with Gasteiger partial charge in [-0.15, -0.1) is 0 Å². The number of hydrogen-bond acceptors (Lipinski definition) is 4. The van der Waals surface area contributed by atoms with Crippen molar-refractivity contribution in [3.8, 4) is 5.75 Å². The summed E-state index contributed by atoms with van der Waals surface area (Å²) in [6, 6.07) is 15.9. The highest BCUT2D eigenvalue weighted by Crippen LogP contribution is 2.25. The van der Waals surface area contributed by atoms with E-state index in [0.717, 1.165) is 11.6 Å². The molecule has 1 fully saturated rings. The van der Waals surface area contributed by atoms with Gasteiger partial charge in [0.25, 0.3) is 11.8 Å². The van der Waals surface area contributed by atoms with Gasteiger partial charge in [-0.2, -0.15) is 0 Å². The fourth-order valence-corrected chi connectivity index (χ4v) is 3.45. The summed E-state index contributed by atoms with van der Waals surface area (Å²) >= 11 is 11.9. The van der Waals surface area contributed by atoms with Crippen LogP contribution in [0.5, 0.6) is 5.75 Å². The highest BCUT2D eigenvalue weighted by atomic mass is 35.5. The zero-order chi connectivity index (χ0) is 23.5. The molecule has 0 radical (unpaired) electrons. The van der Waals surface area contributed by atoms with Crippen LogP contribution in [-0.2, 0) is 16.2 Å². The van der Waals surface area contributed by atoms with Crippen molar-refractivity contribution >= 4 is 52.8 Å². The number of carbonyl (C=O) groups is 3. The van der Waals surface area contributed by atoms with E-state index in [2.05, 4.69) is 5.32 Å². The van der Waals surface area contributed by atoms with Crippen LogP contribution in [0.1, 0.15) is 11.1 Å². The van der Waals surface area contributed by atoms with E-state index in [1.165, 1.54) is 24.3 Å². The minimum atomic E-state index is -0.946. The van der Waals surface area contributed by atoms with E-state index < -0.39 is 23.7 Å². The molecule has 3 aromatic carbocycles. The fourth-order valence-electron chi connectivity index (χ4n) is 3.13. The molecule has 33 heavy (non-hydrogen) atoms. The van der Waals surface area contributed by atoms with Gasteiger partial charge in [0.2, 0.25) is 0 Å². The Balaban J connectivity index is 1.51. The van der Waals surface area contributed by atoms with Crippen LogP contribution in [0.4, 0.5) is 14.9 Å². The molecule has 0 aromatic heterocycles. The number of barbiturate groups is 1. The van der Waals surface area contributed by atoms with Gasteiger partial charge in [-0.1, -0.05) is 47.5 Å². The van der Waals surface area contributed by atoms with E-state index in [0.29, 0.717) is 26.3 Å². The largest absolute Gasteiger partial charge is 0.489 e. The van der Waals surface area contributed by atoms with E-state index in [1.807, 2.05) is 0 Å². The maximum absolute atomic E-state index is 13.6. The number of anilines is 1. The molecule has 0 bridgehead atoms. The lowest BCUT2D eigenvalue weighted by molar-refractivity contribution is -0.122. The van der Waals surface area contributed by atoms with Gasteiger partial charge in [0.15, 0.2) is 0 Å². The standard InChI is InChI=1S/C24H15Cl2FN2O4/c25-20-9-6-15(11-21(20)26)13-33-18-7-4-14(5-8-18)10-19-22(30)28-24(32)29(23(19)31)17-3-1-2-16(27)12-17/h1-12H,13H2,(H,28,30,32)/b19-10+. The number of rotatable bonds is 5. The van der Waals surface area contributed by atoms with Crippen molar-refractivity contribution in [2.75, 3.05) is 4.90 Å². The predicted molar refractivity (Wildman–Crippen MR) is 123 cm³/mol. The van der Waals surface area contributed by atoms with Crippen LogP contribution < -0.4 is 15.0 Å². The summed E-state index contributed by atoms with van der Waals surface area (Å²) in [5.74, 6) is -1.75. The van der Waals surface area contributed by atoms with E-state index in [-0.39, 0.29) is 17.9 Å². The van der Waals surface area contributed by atoms with Crippen LogP contribution in [0, 0.1) is 5.82 Å². The van der Waals surface area contributed by atoms with Crippen molar-refractivity contribution in [1.82, 2.24) is 5.32 Å². The summed E-state index contributed by atoms with van der Waals surface area (Å²) in [4.78, 5) is 38.0. The molecule has 0 unspecified atom stereocenters. The van der Waals surface area contributed by atoms with Gasteiger partial charge in [0.05, 0.1) is 15.7 Å². The highest BCUT2D eigenvalue weighted by Gasteiger charge is 2.36. The number of amides is 4. The molecular formula is C24H15Cl2FN2O4. The second kappa shape index (κ2) is 9.44. The number of urea groups is 1. The summed E-state index contributed by atoms with van der Waals surface area (Å²) in [5, 5.41) is 2.98.